The van der Waals surface area contributed by atoms with E-state index in [-0.39, 0.29) is 22.8 Å². The molecular weight excluding hydrogens is 438 g/mol. The number of para-hydroxylation sites is 1. The largest absolute Gasteiger partial charge is 0.488 e. The highest BCUT2D eigenvalue weighted by molar-refractivity contribution is 7.89. The van der Waals surface area contributed by atoms with E-state index in [9.17, 15) is 18.0 Å². The number of benzene rings is 2. The van der Waals surface area contributed by atoms with Crippen LogP contribution in [0.1, 0.15) is 27.4 Å². The Morgan fingerprint density at radius 3 is 2.41 bits per heavy atom. The van der Waals surface area contributed by atoms with E-state index in [1.165, 1.54) is 30.3 Å². The van der Waals surface area contributed by atoms with E-state index < -0.39 is 28.5 Å². The summed E-state index contributed by atoms with van der Waals surface area (Å²) in [6, 6.07) is 11.7. The Hall–Kier alpha value is -3.70. The van der Waals surface area contributed by atoms with Gasteiger partial charge < -0.3 is 19.3 Å². The van der Waals surface area contributed by atoms with Gasteiger partial charge in [0.2, 0.25) is 10.0 Å². The van der Waals surface area contributed by atoms with Crippen molar-refractivity contribution >= 4 is 27.6 Å². The van der Waals surface area contributed by atoms with Gasteiger partial charge in [0.1, 0.15) is 23.7 Å². The zero-order chi connectivity index (χ0) is 23.3. The molecule has 2 aromatic carbocycles. The number of hydrogen-bond acceptors (Lipinski definition) is 8. The second kappa shape index (κ2) is 9.62. The molecule has 32 heavy (non-hydrogen) atoms. The number of carbonyl (C=O) groups excluding carboxylic acids is 2. The monoisotopic (exact) mass is 459 g/mol. The van der Waals surface area contributed by atoms with Crippen molar-refractivity contribution in [2.24, 2.45) is 5.14 Å². The standard InChI is InChI=1S/C21H21N3O7S/c1-13-18(14(2)31-24-13)11-29-19-6-4-3-5-17(19)21(26)30-12-20(25)23-15-7-9-16(10-8-15)32(22,27)28/h3-10H,11-12H2,1-2H3,(H,23,25)(H2,22,27,28). The Bertz CT molecular complexity index is 1220. The molecule has 0 fully saturated rings. The first-order valence-electron chi connectivity index (χ1n) is 9.38. The van der Waals surface area contributed by atoms with Gasteiger partial charge in [-0.1, -0.05) is 17.3 Å². The number of rotatable bonds is 8. The van der Waals surface area contributed by atoms with E-state index in [2.05, 4.69) is 10.5 Å². The predicted octanol–water partition coefficient (Wildman–Crippen LogP) is 2.31. The molecule has 0 spiro atoms. The minimum absolute atomic E-state index is 0.0878. The molecule has 0 saturated carbocycles. The van der Waals surface area contributed by atoms with Crippen LogP contribution in [0.25, 0.3) is 0 Å². The Morgan fingerprint density at radius 2 is 1.78 bits per heavy atom. The molecule has 3 rings (SSSR count). The van der Waals surface area contributed by atoms with Crippen molar-refractivity contribution in [1.29, 1.82) is 0 Å². The SMILES string of the molecule is Cc1noc(C)c1COc1ccccc1C(=O)OCC(=O)Nc1ccc(S(N)(=O)=O)cc1. The van der Waals surface area contributed by atoms with Crippen LogP contribution in [0.4, 0.5) is 5.69 Å². The van der Waals surface area contributed by atoms with Gasteiger partial charge >= 0.3 is 5.97 Å². The molecule has 0 radical (unpaired) electrons. The van der Waals surface area contributed by atoms with Crippen LogP contribution in [-0.4, -0.2) is 32.1 Å². The zero-order valence-electron chi connectivity index (χ0n) is 17.3. The summed E-state index contributed by atoms with van der Waals surface area (Å²) in [5.41, 5.74) is 1.95. The number of esters is 1. The molecule has 11 heteroatoms. The van der Waals surface area contributed by atoms with Crippen LogP contribution in [0.15, 0.2) is 57.9 Å². The quantitative estimate of drug-likeness (QED) is 0.487. The average Bonchev–Trinajstić information content (AvgIpc) is 3.08. The molecule has 168 valence electrons. The smallest absolute Gasteiger partial charge is 0.342 e. The van der Waals surface area contributed by atoms with Gasteiger partial charge in [-0.3, -0.25) is 4.79 Å². The van der Waals surface area contributed by atoms with E-state index in [0.717, 1.165) is 5.56 Å². The highest BCUT2D eigenvalue weighted by Gasteiger charge is 2.17. The molecule has 0 bridgehead atoms. The molecule has 3 N–H and O–H groups in total. The second-order valence-electron chi connectivity index (χ2n) is 6.78. The Labute approximate surface area is 184 Å². The number of hydrogen-bond donors (Lipinski definition) is 2. The highest BCUT2D eigenvalue weighted by Crippen LogP contribution is 2.22. The summed E-state index contributed by atoms with van der Waals surface area (Å²) in [4.78, 5) is 24.5. The van der Waals surface area contributed by atoms with Crippen molar-refractivity contribution in [1.82, 2.24) is 5.16 Å². The third-order valence-corrected chi connectivity index (χ3v) is 5.39. The summed E-state index contributed by atoms with van der Waals surface area (Å²) in [6.07, 6.45) is 0. The van der Waals surface area contributed by atoms with Crippen molar-refractivity contribution in [2.75, 3.05) is 11.9 Å². The van der Waals surface area contributed by atoms with Gasteiger partial charge in [0, 0.05) is 5.69 Å². The molecule has 3 aromatic rings. The fourth-order valence-corrected chi connectivity index (χ4v) is 3.27. The normalized spacial score (nSPS) is 11.1. The van der Waals surface area contributed by atoms with Crippen molar-refractivity contribution in [3.63, 3.8) is 0 Å². The van der Waals surface area contributed by atoms with Crippen LogP contribution in [-0.2, 0) is 26.2 Å². The van der Waals surface area contributed by atoms with Crippen molar-refractivity contribution in [2.45, 2.75) is 25.3 Å². The van der Waals surface area contributed by atoms with Gasteiger partial charge in [0.25, 0.3) is 5.91 Å². The highest BCUT2D eigenvalue weighted by atomic mass is 32.2. The zero-order valence-corrected chi connectivity index (χ0v) is 18.1. The minimum Gasteiger partial charge on any atom is -0.488 e. The summed E-state index contributed by atoms with van der Waals surface area (Å²) in [7, 11) is -3.83. The van der Waals surface area contributed by atoms with Gasteiger partial charge in [-0.2, -0.15) is 0 Å². The van der Waals surface area contributed by atoms with Gasteiger partial charge in [-0.05, 0) is 50.2 Å². The number of nitrogens with one attached hydrogen (secondary N) is 1. The first-order valence-corrected chi connectivity index (χ1v) is 10.9. The first kappa shape index (κ1) is 23.0. The number of primary sulfonamides is 1. The molecule has 1 heterocycles. The fourth-order valence-electron chi connectivity index (χ4n) is 2.75. The molecule has 0 saturated heterocycles. The number of anilines is 1. The number of aromatic nitrogens is 1. The maximum atomic E-state index is 12.5. The summed E-state index contributed by atoms with van der Waals surface area (Å²) in [6.45, 7) is 3.16. The molecule has 0 aliphatic carbocycles. The summed E-state index contributed by atoms with van der Waals surface area (Å²) in [5, 5.41) is 11.4. The minimum atomic E-state index is -3.83. The molecule has 0 aliphatic rings. The van der Waals surface area contributed by atoms with Crippen molar-refractivity contribution < 1.29 is 32.0 Å². The van der Waals surface area contributed by atoms with E-state index in [4.69, 9.17) is 19.1 Å². The number of sulfonamides is 1. The molecule has 1 aromatic heterocycles. The maximum absolute atomic E-state index is 12.5. The summed E-state index contributed by atoms with van der Waals surface area (Å²) < 4.78 is 38.5. The lowest BCUT2D eigenvalue weighted by Gasteiger charge is -2.11. The van der Waals surface area contributed by atoms with E-state index in [1.54, 1.807) is 32.0 Å². The fraction of sp³-hybridized carbons (Fsp3) is 0.190. The van der Waals surface area contributed by atoms with Gasteiger partial charge in [0.15, 0.2) is 6.61 Å². The third kappa shape index (κ3) is 5.71. The summed E-state index contributed by atoms with van der Waals surface area (Å²) in [5.74, 6) is -0.428. The third-order valence-electron chi connectivity index (χ3n) is 4.46. The van der Waals surface area contributed by atoms with Crippen LogP contribution in [0.3, 0.4) is 0 Å². The molecule has 0 unspecified atom stereocenters. The number of ether oxygens (including phenoxy) is 2. The number of nitrogens with zero attached hydrogens (tertiary/aromatic N) is 1. The topological polar surface area (TPSA) is 151 Å². The molecular formula is C21H21N3O7S. The summed E-state index contributed by atoms with van der Waals surface area (Å²) >= 11 is 0. The second-order valence-corrected chi connectivity index (χ2v) is 8.34. The van der Waals surface area contributed by atoms with Crippen molar-refractivity contribution in [3.05, 3.63) is 71.1 Å². The molecule has 0 atom stereocenters. The maximum Gasteiger partial charge on any atom is 0.342 e. The molecule has 0 aliphatic heterocycles. The van der Waals surface area contributed by atoms with Gasteiger partial charge in [-0.25, -0.2) is 18.4 Å². The van der Waals surface area contributed by atoms with E-state index in [0.29, 0.717) is 17.1 Å². The van der Waals surface area contributed by atoms with E-state index >= 15 is 0 Å². The lowest BCUT2D eigenvalue weighted by atomic mass is 10.2. The first-order chi connectivity index (χ1) is 15.1. The average molecular weight is 459 g/mol. The lowest BCUT2D eigenvalue weighted by molar-refractivity contribution is -0.119. The molecule has 1 amide bonds. The number of amides is 1. The Kier molecular flexibility index (Phi) is 6.91. The van der Waals surface area contributed by atoms with Crippen LogP contribution in [0.2, 0.25) is 0 Å². The van der Waals surface area contributed by atoms with Crippen molar-refractivity contribution in [3.8, 4) is 5.75 Å². The lowest BCUT2D eigenvalue weighted by Crippen LogP contribution is -2.21. The van der Waals surface area contributed by atoms with Crippen LogP contribution < -0.4 is 15.2 Å². The van der Waals surface area contributed by atoms with Crippen LogP contribution in [0, 0.1) is 13.8 Å². The number of nitrogens with two attached hydrogens (primary N) is 1. The van der Waals surface area contributed by atoms with Gasteiger partial charge in [0.05, 0.1) is 16.2 Å². The number of aryl methyl sites for hydroxylation is 2. The Balaban J connectivity index is 1.58. The van der Waals surface area contributed by atoms with E-state index in [1.807, 2.05) is 0 Å². The van der Waals surface area contributed by atoms with Crippen LogP contribution >= 0.6 is 0 Å². The Morgan fingerprint density at radius 1 is 1.09 bits per heavy atom. The van der Waals surface area contributed by atoms with Gasteiger partial charge in [-0.15, -0.1) is 0 Å². The predicted molar refractivity (Wildman–Crippen MR) is 113 cm³/mol. The molecule has 10 nitrogen and oxygen atoms in total. The van der Waals surface area contributed by atoms with Crippen LogP contribution in [0.5, 0.6) is 5.75 Å². The number of carbonyl (C=O) groups is 2.